The Morgan fingerprint density at radius 2 is 1.52 bits per heavy atom. The number of fused-ring (bicyclic) bond motifs is 2. The maximum absolute atomic E-state index is 12.7. The summed E-state index contributed by atoms with van der Waals surface area (Å²) < 4.78 is 0. The third-order valence-corrected chi connectivity index (χ3v) is 6.08. The number of amides is 1. The standard InChI is InChI=1S/C25H27N7O/c1-32(2)23-18-7-3-4-8-19(18)30-25(31-23)28-17-13-11-16(12-14-17)27-24(33)22-15-26-20-9-5-6-10-21(20)29-22/h3-10,15-17H,11-14H2,1-2H3,(H,27,33)(H,28,30,31)/t16-,17+. The van der Waals surface area contributed by atoms with Gasteiger partial charge in [-0.25, -0.2) is 9.97 Å². The zero-order valence-electron chi connectivity index (χ0n) is 18.8. The van der Waals surface area contributed by atoms with Crippen molar-refractivity contribution in [1.82, 2.24) is 25.3 Å². The van der Waals surface area contributed by atoms with Crippen LogP contribution in [0.15, 0.2) is 54.7 Å². The Labute approximate surface area is 192 Å². The number of benzene rings is 2. The molecule has 5 rings (SSSR count). The highest BCUT2D eigenvalue weighted by atomic mass is 16.1. The van der Waals surface area contributed by atoms with Gasteiger partial charge in [-0.1, -0.05) is 24.3 Å². The first-order valence-electron chi connectivity index (χ1n) is 11.3. The number of carbonyl (C=O) groups is 1. The van der Waals surface area contributed by atoms with Crippen LogP contribution in [-0.2, 0) is 0 Å². The number of aromatic nitrogens is 4. The van der Waals surface area contributed by atoms with Gasteiger partial charge >= 0.3 is 0 Å². The molecule has 8 heteroatoms. The summed E-state index contributed by atoms with van der Waals surface area (Å²) in [6.07, 6.45) is 5.19. The van der Waals surface area contributed by atoms with Crippen molar-refractivity contribution >= 4 is 39.6 Å². The van der Waals surface area contributed by atoms with Gasteiger partial charge in [0.05, 0.1) is 22.7 Å². The van der Waals surface area contributed by atoms with Crippen LogP contribution in [0.1, 0.15) is 36.2 Å². The largest absolute Gasteiger partial charge is 0.362 e. The molecule has 1 fully saturated rings. The molecule has 0 radical (unpaired) electrons. The smallest absolute Gasteiger partial charge is 0.271 e. The minimum Gasteiger partial charge on any atom is -0.362 e. The van der Waals surface area contributed by atoms with E-state index in [0.717, 1.165) is 53.4 Å². The Balaban J connectivity index is 1.21. The van der Waals surface area contributed by atoms with Gasteiger partial charge < -0.3 is 15.5 Å². The van der Waals surface area contributed by atoms with Gasteiger partial charge in [0.2, 0.25) is 5.95 Å². The molecule has 33 heavy (non-hydrogen) atoms. The van der Waals surface area contributed by atoms with Crippen LogP contribution in [-0.4, -0.2) is 52.0 Å². The molecule has 0 spiro atoms. The second kappa shape index (κ2) is 8.97. The average Bonchev–Trinajstić information content (AvgIpc) is 2.84. The molecular formula is C25H27N7O. The molecule has 0 aliphatic heterocycles. The first kappa shape index (κ1) is 21.1. The first-order valence-corrected chi connectivity index (χ1v) is 11.3. The van der Waals surface area contributed by atoms with Crippen LogP contribution in [0.4, 0.5) is 11.8 Å². The molecule has 0 atom stereocenters. The van der Waals surface area contributed by atoms with Gasteiger partial charge in [0.15, 0.2) is 0 Å². The zero-order chi connectivity index (χ0) is 22.8. The van der Waals surface area contributed by atoms with Crippen molar-refractivity contribution in [3.63, 3.8) is 0 Å². The number of nitrogens with zero attached hydrogens (tertiary/aromatic N) is 5. The second-order valence-corrected chi connectivity index (χ2v) is 8.69. The van der Waals surface area contributed by atoms with Gasteiger partial charge in [-0.2, -0.15) is 4.98 Å². The fourth-order valence-electron chi connectivity index (χ4n) is 4.36. The normalized spacial score (nSPS) is 18.2. The lowest BCUT2D eigenvalue weighted by molar-refractivity contribution is 0.0921. The van der Waals surface area contributed by atoms with E-state index in [0.29, 0.717) is 11.6 Å². The highest BCUT2D eigenvalue weighted by Crippen LogP contribution is 2.26. The van der Waals surface area contributed by atoms with Crippen LogP contribution in [0.2, 0.25) is 0 Å². The van der Waals surface area contributed by atoms with Gasteiger partial charge in [-0.05, 0) is 49.9 Å². The van der Waals surface area contributed by atoms with Gasteiger partial charge in [-0.15, -0.1) is 0 Å². The van der Waals surface area contributed by atoms with Crippen molar-refractivity contribution in [3.05, 3.63) is 60.4 Å². The summed E-state index contributed by atoms with van der Waals surface area (Å²) in [5.74, 6) is 1.38. The number of carbonyl (C=O) groups excluding carboxylic acids is 1. The number of anilines is 2. The molecule has 0 bridgehead atoms. The third-order valence-electron chi connectivity index (χ3n) is 6.08. The summed E-state index contributed by atoms with van der Waals surface area (Å²) in [6, 6.07) is 16.0. The van der Waals surface area contributed by atoms with Crippen LogP contribution in [0.25, 0.3) is 21.9 Å². The number of hydrogen-bond donors (Lipinski definition) is 2. The minimum absolute atomic E-state index is 0.124. The van der Waals surface area contributed by atoms with Crippen molar-refractivity contribution in [2.75, 3.05) is 24.3 Å². The molecular weight excluding hydrogens is 414 g/mol. The summed E-state index contributed by atoms with van der Waals surface area (Å²) >= 11 is 0. The predicted molar refractivity (Wildman–Crippen MR) is 131 cm³/mol. The SMILES string of the molecule is CN(C)c1nc(N[C@H]2CC[C@@H](NC(=O)c3cnc4ccccc4n3)CC2)nc2ccccc12. The van der Waals surface area contributed by atoms with Gasteiger partial charge in [0, 0.05) is 31.6 Å². The third kappa shape index (κ3) is 4.55. The molecule has 1 aliphatic rings. The molecule has 4 aromatic rings. The van der Waals surface area contributed by atoms with E-state index < -0.39 is 0 Å². The van der Waals surface area contributed by atoms with Crippen molar-refractivity contribution in [2.45, 2.75) is 37.8 Å². The lowest BCUT2D eigenvalue weighted by Gasteiger charge is -2.29. The topological polar surface area (TPSA) is 95.9 Å². The predicted octanol–water partition coefficient (Wildman–Crippen LogP) is 3.79. The van der Waals surface area contributed by atoms with Gasteiger partial charge in [0.25, 0.3) is 5.91 Å². The Bertz CT molecular complexity index is 1300. The summed E-state index contributed by atoms with van der Waals surface area (Å²) in [5.41, 5.74) is 2.80. The Hall–Kier alpha value is -3.81. The summed E-state index contributed by atoms with van der Waals surface area (Å²) in [6.45, 7) is 0. The Kier molecular flexibility index (Phi) is 5.73. The van der Waals surface area contributed by atoms with E-state index in [9.17, 15) is 4.79 Å². The summed E-state index contributed by atoms with van der Waals surface area (Å²) in [4.78, 5) is 33.0. The number of rotatable bonds is 5. The molecule has 0 saturated heterocycles. The molecule has 2 N–H and O–H groups in total. The maximum atomic E-state index is 12.7. The van der Waals surface area contributed by atoms with Crippen LogP contribution < -0.4 is 15.5 Å². The van der Waals surface area contributed by atoms with Crippen LogP contribution in [0.3, 0.4) is 0 Å². The van der Waals surface area contributed by atoms with E-state index in [1.54, 1.807) is 6.20 Å². The molecule has 1 amide bonds. The zero-order valence-corrected chi connectivity index (χ0v) is 18.8. The first-order chi connectivity index (χ1) is 16.1. The maximum Gasteiger partial charge on any atom is 0.271 e. The summed E-state index contributed by atoms with van der Waals surface area (Å²) in [5, 5.41) is 7.67. The van der Waals surface area contributed by atoms with Gasteiger partial charge in [-0.3, -0.25) is 9.78 Å². The molecule has 1 saturated carbocycles. The van der Waals surface area contributed by atoms with E-state index >= 15 is 0 Å². The highest BCUT2D eigenvalue weighted by molar-refractivity contribution is 5.94. The van der Waals surface area contributed by atoms with Crippen LogP contribution in [0.5, 0.6) is 0 Å². The molecule has 0 unspecified atom stereocenters. The molecule has 168 valence electrons. The minimum atomic E-state index is -0.168. The molecule has 1 aliphatic carbocycles. The molecule has 2 heterocycles. The van der Waals surface area contributed by atoms with E-state index in [-0.39, 0.29) is 18.0 Å². The number of para-hydroxylation sites is 3. The van der Waals surface area contributed by atoms with Crippen LogP contribution in [0, 0.1) is 0 Å². The van der Waals surface area contributed by atoms with Crippen molar-refractivity contribution in [2.24, 2.45) is 0 Å². The fraction of sp³-hybridized carbons (Fsp3) is 0.320. The van der Waals surface area contributed by atoms with Crippen LogP contribution >= 0.6 is 0 Å². The Morgan fingerprint density at radius 1 is 0.848 bits per heavy atom. The molecule has 8 nitrogen and oxygen atoms in total. The van der Waals surface area contributed by atoms with E-state index in [1.165, 1.54) is 0 Å². The lowest BCUT2D eigenvalue weighted by Crippen LogP contribution is -2.40. The van der Waals surface area contributed by atoms with Crippen molar-refractivity contribution < 1.29 is 4.79 Å². The highest BCUT2D eigenvalue weighted by Gasteiger charge is 2.24. The van der Waals surface area contributed by atoms with Gasteiger partial charge in [0.1, 0.15) is 11.5 Å². The molecule has 2 aromatic heterocycles. The van der Waals surface area contributed by atoms with E-state index in [2.05, 4.69) is 20.6 Å². The Morgan fingerprint density at radius 3 is 2.27 bits per heavy atom. The monoisotopic (exact) mass is 441 g/mol. The number of nitrogens with one attached hydrogen (secondary N) is 2. The van der Waals surface area contributed by atoms with E-state index in [4.69, 9.17) is 9.97 Å². The fourth-order valence-corrected chi connectivity index (χ4v) is 4.36. The van der Waals surface area contributed by atoms with Crippen molar-refractivity contribution in [1.29, 1.82) is 0 Å². The average molecular weight is 442 g/mol. The van der Waals surface area contributed by atoms with E-state index in [1.807, 2.05) is 67.5 Å². The summed E-state index contributed by atoms with van der Waals surface area (Å²) in [7, 11) is 3.98. The lowest BCUT2D eigenvalue weighted by atomic mass is 9.91. The molecule has 2 aromatic carbocycles. The second-order valence-electron chi connectivity index (χ2n) is 8.69. The van der Waals surface area contributed by atoms with Crippen molar-refractivity contribution in [3.8, 4) is 0 Å². The quantitative estimate of drug-likeness (QED) is 0.486. The number of hydrogen-bond acceptors (Lipinski definition) is 7.